The summed E-state index contributed by atoms with van der Waals surface area (Å²) in [7, 11) is 0. The summed E-state index contributed by atoms with van der Waals surface area (Å²) in [5, 5.41) is 15.2. The zero-order chi connectivity index (χ0) is 14.7. The van der Waals surface area contributed by atoms with Crippen molar-refractivity contribution in [3.8, 4) is 0 Å². The summed E-state index contributed by atoms with van der Waals surface area (Å²) in [5.74, 6) is -0.114. The van der Waals surface area contributed by atoms with Gasteiger partial charge in [-0.3, -0.25) is 9.48 Å². The van der Waals surface area contributed by atoms with E-state index in [1.807, 2.05) is 48.1 Å². The standard InChI is InChI=1S/C14H16N6O/c1-2-19-8-7-11(17-19)9-15-14(21)10-20-13-6-4-3-5-12(13)16-18-20/h3-8H,2,9-10H2,1H3,(H,15,21). The largest absolute Gasteiger partial charge is 0.349 e. The van der Waals surface area contributed by atoms with Gasteiger partial charge in [0.05, 0.1) is 17.8 Å². The number of nitrogens with one attached hydrogen (secondary N) is 1. The molecule has 0 unspecified atom stereocenters. The van der Waals surface area contributed by atoms with E-state index in [2.05, 4.69) is 20.7 Å². The predicted molar refractivity (Wildman–Crippen MR) is 77.3 cm³/mol. The maximum absolute atomic E-state index is 12.0. The van der Waals surface area contributed by atoms with Crippen molar-refractivity contribution in [2.75, 3.05) is 0 Å². The molecule has 0 bridgehead atoms. The first-order valence-electron chi connectivity index (χ1n) is 6.83. The lowest BCUT2D eigenvalue weighted by atomic mass is 10.3. The van der Waals surface area contributed by atoms with E-state index < -0.39 is 0 Å². The molecule has 0 radical (unpaired) electrons. The van der Waals surface area contributed by atoms with Crippen molar-refractivity contribution in [3.05, 3.63) is 42.2 Å². The summed E-state index contributed by atoms with van der Waals surface area (Å²) in [5.41, 5.74) is 2.48. The maximum Gasteiger partial charge on any atom is 0.242 e. The van der Waals surface area contributed by atoms with E-state index in [0.717, 1.165) is 23.3 Å². The van der Waals surface area contributed by atoms with E-state index in [-0.39, 0.29) is 12.5 Å². The Morgan fingerprint density at radius 2 is 2.14 bits per heavy atom. The van der Waals surface area contributed by atoms with Crippen molar-refractivity contribution >= 4 is 16.9 Å². The van der Waals surface area contributed by atoms with Gasteiger partial charge in [-0.2, -0.15) is 5.10 Å². The third-order valence-electron chi connectivity index (χ3n) is 3.20. The van der Waals surface area contributed by atoms with Crippen LogP contribution in [0, 0.1) is 0 Å². The smallest absolute Gasteiger partial charge is 0.242 e. The van der Waals surface area contributed by atoms with Crippen LogP contribution in [-0.2, 0) is 24.4 Å². The Balaban J connectivity index is 1.61. The number of fused-ring (bicyclic) bond motifs is 1. The first-order chi connectivity index (χ1) is 10.3. The van der Waals surface area contributed by atoms with Crippen molar-refractivity contribution in [3.63, 3.8) is 0 Å². The molecule has 0 saturated heterocycles. The molecule has 7 nitrogen and oxygen atoms in total. The first kappa shape index (κ1) is 13.3. The number of para-hydroxylation sites is 1. The van der Waals surface area contributed by atoms with Gasteiger partial charge >= 0.3 is 0 Å². The van der Waals surface area contributed by atoms with Gasteiger partial charge in [-0.05, 0) is 25.1 Å². The Morgan fingerprint density at radius 3 is 2.95 bits per heavy atom. The Hall–Kier alpha value is -2.70. The fourth-order valence-electron chi connectivity index (χ4n) is 2.09. The molecule has 0 atom stereocenters. The third kappa shape index (κ3) is 2.91. The van der Waals surface area contributed by atoms with Gasteiger partial charge in [0.2, 0.25) is 5.91 Å². The first-order valence-corrected chi connectivity index (χ1v) is 6.83. The number of amides is 1. The molecule has 0 aliphatic carbocycles. The molecule has 0 fully saturated rings. The number of carbonyl (C=O) groups is 1. The molecule has 0 spiro atoms. The van der Waals surface area contributed by atoms with Crippen LogP contribution in [0.2, 0.25) is 0 Å². The van der Waals surface area contributed by atoms with Crippen molar-refractivity contribution in [2.45, 2.75) is 26.6 Å². The van der Waals surface area contributed by atoms with Gasteiger partial charge in [0, 0.05) is 12.7 Å². The fraction of sp³-hybridized carbons (Fsp3) is 0.286. The Kier molecular flexibility index (Phi) is 3.63. The summed E-state index contributed by atoms with van der Waals surface area (Å²) in [6.07, 6.45) is 1.90. The molecule has 3 rings (SSSR count). The van der Waals surface area contributed by atoms with E-state index in [1.165, 1.54) is 0 Å². The molecule has 0 saturated carbocycles. The molecule has 108 valence electrons. The fourth-order valence-corrected chi connectivity index (χ4v) is 2.09. The van der Waals surface area contributed by atoms with E-state index in [1.54, 1.807) is 4.68 Å². The maximum atomic E-state index is 12.0. The number of hydrogen-bond donors (Lipinski definition) is 1. The SMILES string of the molecule is CCn1ccc(CNC(=O)Cn2nnc3ccccc32)n1. The van der Waals surface area contributed by atoms with E-state index in [9.17, 15) is 4.79 Å². The van der Waals surface area contributed by atoms with Crippen molar-refractivity contribution < 1.29 is 4.79 Å². The lowest BCUT2D eigenvalue weighted by molar-refractivity contribution is -0.122. The monoisotopic (exact) mass is 284 g/mol. The van der Waals surface area contributed by atoms with Crippen LogP contribution >= 0.6 is 0 Å². The minimum absolute atomic E-state index is 0.114. The molecular formula is C14H16N6O. The molecular weight excluding hydrogens is 268 g/mol. The summed E-state index contributed by atoms with van der Waals surface area (Å²) in [4.78, 5) is 12.0. The Morgan fingerprint density at radius 1 is 1.29 bits per heavy atom. The van der Waals surface area contributed by atoms with Gasteiger partial charge in [-0.1, -0.05) is 17.3 Å². The molecule has 21 heavy (non-hydrogen) atoms. The Labute approximate surface area is 121 Å². The van der Waals surface area contributed by atoms with E-state index >= 15 is 0 Å². The molecule has 3 aromatic rings. The second kappa shape index (κ2) is 5.74. The third-order valence-corrected chi connectivity index (χ3v) is 3.20. The molecule has 0 aliphatic heterocycles. The van der Waals surface area contributed by atoms with Crippen LogP contribution in [0.4, 0.5) is 0 Å². The van der Waals surface area contributed by atoms with Crippen LogP contribution in [-0.4, -0.2) is 30.7 Å². The zero-order valence-corrected chi connectivity index (χ0v) is 11.7. The summed E-state index contributed by atoms with van der Waals surface area (Å²) < 4.78 is 3.42. The Bertz CT molecular complexity index is 760. The van der Waals surface area contributed by atoms with Crippen molar-refractivity contribution in [1.82, 2.24) is 30.1 Å². The number of carbonyl (C=O) groups excluding carboxylic acids is 1. The van der Waals surface area contributed by atoms with Crippen LogP contribution in [0.1, 0.15) is 12.6 Å². The topological polar surface area (TPSA) is 77.6 Å². The number of benzene rings is 1. The van der Waals surface area contributed by atoms with Gasteiger partial charge in [0.1, 0.15) is 12.1 Å². The van der Waals surface area contributed by atoms with Gasteiger partial charge in [-0.25, -0.2) is 4.68 Å². The summed E-state index contributed by atoms with van der Waals surface area (Å²) in [6.45, 7) is 3.40. The van der Waals surface area contributed by atoms with E-state index in [0.29, 0.717) is 6.54 Å². The highest BCUT2D eigenvalue weighted by Crippen LogP contribution is 2.09. The molecule has 0 aliphatic rings. The number of aryl methyl sites for hydroxylation is 1. The van der Waals surface area contributed by atoms with Crippen molar-refractivity contribution in [2.24, 2.45) is 0 Å². The lowest BCUT2D eigenvalue weighted by Gasteiger charge is -2.04. The molecule has 2 heterocycles. The predicted octanol–water partition coefficient (Wildman–Crippen LogP) is 0.964. The molecule has 1 N–H and O–H groups in total. The van der Waals surface area contributed by atoms with Crippen LogP contribution in [0.3, 0.4) is 0 Å². The zero-order valence-electron chi connectivity index (χ0n) is 11.7. The number of nitrogens with zero attached hydrogens (tertiary/aromatic N) is 5. The number of rotatable bonds is 5. The van der Waals surface area contributed by atoms with Gasteiger partial charge in [0.25, 0.3) is 0 Å². The number of hydrogen-bond acceptors (Lipinski definition) is 4. The van der Waals surface area contributed by atoms with Gasteiger partial charge in [-0.15, -0.1) is 5.10 Å². The number of aromatic nitrogens is 5. The van der Waals surface area contributed by atoms with Gasteiger partial charge < -0.3 is 5.32 Å². The van der Waals surface area contributed by atoms with Crippen LogP contribution in [0.5, 0.6) is 0 Å². The minimum Gasteiger partial charge on any atom is -0.349 e. The molecule has 2 aromatic heterocycles. The molecule has 1 amide bonds. The van der Waals surface area contributed by atoms with Crippen molar-refractivity contribution in [1.29, 1.82) is 0 Å². The van der Waals surface area contributed by atoms with Crippen LogP contribution in [0.25, 0.3) is 11.0 Å². The van der Waals surface area contributed by atoms with Crippen LogP contribution < -0.4 is 5.32 Å². The average molecular weight is 284 g/mol. The molecule has 7 heteroatoms. The highest BCUT2D eigenvalue weighted by Gasteiger charge is 2.08. The van der Waals surface area contributed by atoms with Gasteiger partial charge in [0.15, 0.2) is 0 Å². The lowest BCUT2D eigenvalue weighted by Crippen LogP contribution is -2.27. The second-order valence-corrected chi connectivity index (χ2v) is 4.68. The second-order valence-electron chi connectivity index (χ2n) is 4.68. The van der Waals surface area contributed by atoms with E-state index in [4.69, 9.17) is 0 Å². The van der Waals surface area contributed by atoms with Crippen LogP contribution in [0.15, 0.2) is 36.5 Å². The summed E-state index contributed by atoms with van der Waals surface area (Å²) >= 11 is 0. The highest BCUT2D eigenvalue weighted by atomic mass is 16.2. The normalized spacial score (nSPS) is 10.9. The summed E-state index contributed by atoms with van der Waals surface area (Å²) in [6, 6.07) is 9.46. The quantitative estimate of drug-likeness (QED) is 0.757. The minimum atomic E-state index is -0.114. The average Bonchev–Trinajstić information content (AvgIpc) is 3.12. The molecule has 1 aromatic carbocycles. The highest BCUT2D eigenvalue weighted by molar-refractivity contribution is 5.79.